The number of ether oxygens (including phenoxy) is 3. The van der Waals surface area contributed by atoms with E-state index < -0.39 is 5.97 Å². The molecule has 0 aliphatic carbocycles. The molecule has 1 aliphatic heterocycles. The average Bonchev–Trinajstić information content (AvgIpc) is 2.63. The lowest BCUT2D eigenvalue weighted by Gasteiger charge is -2.28. The molecule has 1 N–H and O–H groups in total. The predicted molar refractivity (Wildman–Crippen MR) is 94.9 cm³/mol. The van der Waals surface area contributed by atoms with Crippen LogP contribution in [0.15, 0.2) is 24.3 Å². The number of fused-ring (bicyclic) bond motifs is 1. The fourth-order valence-electron chi connectivity index (χ4n) is 2.84. The number of hydrogen-bond acceptors (Lipinski definition) is 6. The molecular weight excluding hydrogens is 344 g/mol. The molecule has 25 heavy (non-hydrogen) atoms. The van der Waals surface area contributed by atoms with E-state index in [1.54, 1.807) is 20.1 Å². The summed E-state index contributed by atoms with van der Waals surface area (Å²) in [4.78, 5) is 16.1. The van der Waals surface area contributed by atoms with Gasteiger partial charge >= 0.3 is 5.97 Å². The molecule has 0 saturated heterocycles. The zero-order valence-corrected chi connectivity index (χ0v) is 15.0. The standard InChI is InChI=1S/C18H19ClN2O4/c1-10-13(18(22)24-3)8-14(19)17(20-10)21-12-7-11-5-4-6-15(23-2)16(11)25-9-12/h4-6,8,12H,7,9H2,1-3H3,(H,20,21)/t12-/m1/s1. The number of para-hydroxylation sites is 1. The monoisotopic (exact) mass is 362 g/mol. The highest BCUT2D eigenvalue weighted by molar-refractivity contribution is 6.33. The van der Waals surface area contributed by atoms with Crippen LogP contribution in [0.25, 0.3) is 0 Å². The van der Waals surface area contributed by atoms with Gasteiger partial charge in [-0.2, -0.15) is 0 Å². The summed E-state index contributed by atoms with van der Waals surface area (Å²) >= 11 is 6.28. The second-order valence-electron chi connectivity index (χ2n) is 5.75. The second-order valence-corrected chi connectivity index (χ2v) is 6.16. The van der Waals surface area contributed by atoms with Crippen LogP contribution in [0.2, 0.25) is 5.02 Å². The lowest BCUT2D eigenvalue weighted by Crippen LogP contribution is -2.33. The first-order chi connectivity index (χ1) is 12.0. The largest absolute Gasteiger partial charge is 0.493 e. The number of carbonyl (C=O) groups excluding carboxylic acids is 1. The number of halogens is 1. The Bertz CT molecular complexity index is 810. The fraction of sp³-hybridized carbons (Fsp3) is 0.333. The summed E-state index contributed by atoms with van der Waals surface area (Å²) in [6, 6.07) is 7.39. The molecule has 0 spiro atoms. The van der Waals surface area contributed by atoms with E-state index in [-0.39, 0.29) is 6.04 Å². The normalized spacial score (nSPS) is 15.8. The van der Waals surface area contributed by atoms with E-state index in [4.69, 9.17) is 25.8 Å². The number of anilines is 1. The minimum Gasteiger partial charge on any atom is -0.493 e. The van der Waals surface area contributed by atoms with E-state index in [0.717, 1.165) is 23.5 Å². The molecule has 0 bridgehead atoms. The molecule has 3 rings (SSSR count). The molecule has 2 heterocycles. The van der Waals surface area contributed by atoms with Crippen molar-refractivity contribution >= 4 is 23.4 Å². The van der Waals surface area contributed by atoms with Gasteiger partial charge in [0.15, 0.2) is 11.5 Å². The van der Waals surface area contributed by atoms with E-state index >= 15 is 0 Å². The summed E-state index contributed by atoms with van der Waals surface area (Å²) < 4.78 is 15.9. The van der Waals surface area contributed by atoms with E-state index in [1.165, 1.54) is 7.11 Å². The molecule has 1 aliphatic rings. The first-order valence-electron chi connectivity index (χ1n) is 7.84. The Balaban J connectivity index is 1.79. The van der Waals surface area contributed by atoms with Gasteiger partial charge in [0.25, 0.3) is 0 Å². The number of carbonyl (C=O) groups is 1. The average molecular weight is 363 g/mol. The minimum absolute atomic E-state index is 0.00739. The van der Waals surface area contributed by atoms with E-state index in [2.05, 4.69) is 10.3 Å². The van der Waals surface area contributed by atoms with Crippen LogP contribution >= 0.6 is 11.6 Å². The Labute approximate surface area is 151 Å². The number of aryl methyl sites for hydroxylation is 1. The van der Waals surface area contributed by atoms with Crippen LogP contribution < -0.4 is 14.8 Å². The van der Waals surface area contributed by atoms with Crippen LogP contribution in [0, 0.1) is 6.92 Å². The van der Waals surface area contributed by atoms with Crippen molar-refractivity contribution in [2.45, 2.75) is 19.4 Å². The molecule has 6 nitrogen and oxygen atoms in total. The first-order valence-corrected chi connectivity index (χ1v) is 8.22. The smallest absolute Gasteiger partial charge is 0.339 e. The maximum atomic E-state index is 11.7. The van der Waals surface area contributed by atoms with Gasteiger partial charge in [0.2, 0.25) is 0 Å². The van der Waals surface area contributed by atoms with Crippen molar-refractivity contribution in [2.75, 3.05) is 26.1 Å². The molecule has 1 atom stereocenters. The van der Waals surface area contributed by atoms with Crippen molar-refractivity contribution in [2.24, 2.45) is 0 Å². The number of nitrogens with one attached hydrogen (secondary N) is 1. The highest BCUT2D eigenvalue weighted by Gasteiger charge is 2.24. The Hall–Kier alpha value is -2.47. The van der Waals surface area contributed by atoms with Crippen molar-refractivity contribution in [1.29, 1.82) is 0 Å². The van der Waals surface area contributed by atoms with Crippen LogP contribution in [0.5, 0.6) is 11.5 Å². The Kier molecular flexibility index (Phi) is 4.99. The minimum atomic E-state index is -0.458. The number of aromatic nitrogens is 1. The number of rotatable bonds is 4. The van der Waals surface area contributed by atoms with Gasteiger partial charge in [0.05, 0.1) is 36.5 Å². The van der Waals surface area contributed by atoms with E-state index in [9.17, 15) is 4.79 Å². The van der Waals surface area contributed by atoms with Crippen LogP contribution in [-0.4, -0.2) is 37.8 Å². The van der Waals surface area contributed by atoms with Crippen LogP contribution in [0.4, 0.5) is 5.82 Å². The summed E-state index contributed by atoms with van der Waals surface area (Å²) in [5.41, 5.74) is 1.97. The molecule has 0 unspecified atom stereocenters. The fourth-order valence-corrected chi connectivity index (χ4v) is 3.05. The van der Waals surface area contributed by atoms with Gasteiger partial charge in [-0.05, 0) is 25.5 Å². The predicted octanol–water partition coefficient (Wildman–Crippen LogP) is 3.25. The van der Waals surface area contributed by atoms with Crippen LogP contribution in [0.3, 0.4) is 0 Å². The lowest BCUT2D eigenvalue weighted by atomic mass is 10.0. The maximum Gasteiger partial charge on any atom is 0.339 e. The van der Waals surface area contributed by atoms with Gasteiger partial charge in [-0.3, -0.25) is 0 Å². The molecule has 1 aromatic heterocycles. The van der Waals surface area contributed by atoms with Gasteiger partial charge in [0, 0.05) is 5.56 Å². The summed E-state index contributed by atoms with van der Waals surface area (Å²) in [6.45, 7) is 2.20. The lowest BCUT2D eigenvalue weighted by molar-refractivity contribution is 0.0599. The molecule has 0 saturated carbocycles. The third-order valence-electron chi connectivity index (χ3n) is 4.09. The molecular formula is C18H19ClN2O4. The summed E-state index contributed by atoms with van der Waals surface area (Å²) in [7, 11) is 2.95. The third kappa shape index (κ3) is 3.49. The maximum absolute atomic E-state index is 11.7. The van der Waals surface area contributed by atoms with Gasteiger partial charge in [0.1, 0.15) is 12.4 Å². The number of esters is 1. The summed E-state index contributed by atoms with van der Waals surface area (Å²) in [5.74, 6) is 1.57. The van der Waals surface area contributed by atoms with Crippen molar-refractivity contribution in [1.82, 2.24) is 4.98 Å². The first kappa shape index (κ1) is 17.4. The highest BCUT2D eigenvalue weighted by Crippen LogP contribution is 2.35. The molecule has 2 aromatic rings. The highest BCUT2D eigenvalue weighted by atomic mass is 35.5. The van der Waals surface area contributed by atoms with E-state index in [0.29, 0.717) is 28.7 Å². The topological polar surface area (TPSA) is 69.7 Å². The van der Waals surface area contributed by atoms with Crippen LogP contribution in [0.1, 0.15) is 21.6 Å². The molecule has 7 heteroatoms. The van der Waals surface area contributed by atoms with E-state index in [1.807, 2.05) is 18.2 Å². The zero-order valence-electron chi connectivity index (χ0n) is 14.3. The number of benzene rings is 1. The second kappa shape index (κ2) is 7.19. The van der Waals surface area contributed by atoms with Crippen molar-refractivity contribution in [3.05, 3.63) is 46.1 Å². The third-order valence-corrected chi connectivity index (χ3v) is 4.38. The van der Waals surface area contributed by atoms with Crippen molar-refractivity contribution < 1.29 is 19.0 Å². The van der Waals surface area contributed by atoms with Gasteiger partial charge in [-0.15, -0.1) is 0 Å². The number of nitrogens with zero attached hydrogens (tertiary/aromatic N) is 1. The van der Waals surface area contributed by atoms with Gasteiger partial charge in [-0.25, -0.2) is 9.78 Å². The Morgan fingerprint density at radius 1 is 1.40 bits per heavy atom. The summed E-state index contributed by atoms with van der Waals surface area (Å²) in [5, 5.41) is 3.65. The molecule has 132 valence electrons. The summed E-state index contributed by atoms with van der Waals surface area (Å²) in [6.07, 6.45) is 0.752. The number of methoxy groups -OCH3 is 2. The van der Waals surface area contributed by atoms with Crippen LogP contribution in [-0.2, 0) is 11.2 Å². The zero-order chi connectivity index (χ0) is 18.0. The Morgan fingerprint density at radius 2 is 2.20 bits per heavy atom. The Morgan fingerprint density at radius 3 is 2.92 bits per heavy atom. The molecule has 1 aromatic carbocycles. The number of pyridine rings is 1. The molecule has 0 radical (unpaired) electrons. The molecule has 0 fully saturated rings. The van der Waals surface area contributed by atoms with Gasteiger partial charge < -0.3 is 19.5 Å². The molecule has 0 amide bonds. The quantitative estimate of drug-likeness (QED) is 0.842. The van der Waals surface area contributed by atoms with Gasteiger partial charge in [-0.1, -0.05) is 23.7 Å². The number of hydrogen-bond donors (Lipinski definition) is 1. The SMILES string of the molecule is COC(=O)c1cc(Cl)c(N[C@H]2COc3c(cccc3OC)C2)nc1C. The van der Waals surface area contributed by atoms with Crippen molar-refractivity contribution in [3.8, 4) is 11.5 Å². The van der Waals surface area contributed by atoms with Crippen molar-refractivity contribution in [3.63, 3.8) is 0 Å².